The largest absolute Gasteiger partial charge is 0.398 e. The van der Waals surface area contributed by atoms with Crippen LogP contribution in [0.3, 0.4) is 0 Å². The van der Waals surface area contributed by atoms with E-state index in [0.29, 0.717) is 32.8 Å². The number of ketones is 2. The normalized spacial score (nSPS) is 14.2. The molecule has 0 saturated heterocycles. The van der Waals surface area contributed by atoms with E-state index in [0.717, 1.165) is 54.4 Å². The van der Waals surface area contributed by atoms with Crippen LogP contribution in [0.15, 0.2) is 62.4 Å². The van der Waals surface area contributed by atoms with Crippen LogP contribution >= 0.6 is 31.9 Å². The number of halogens is 4. The molecule has 3 aromatic rings. The van der Waals surface area contributed by atoms with Gasteiger partial charge in [0.25, 0.3) is 10.1 Å². The predicted molar refractivity (Wildman–Crippen MR) is 170 cm³/mol. The Morgan fingerprint density at radius 2 is 1.35 bits per heavy atom. The van der Waals surface area contributed by atoms with Gasteiger partial charge in [0.05, 0.1) is 13.8 Å². The van der Waals surface area contributed by atoms with Gasteiger partial charge in [0.1, 0.15) is 24.0 Å². The minimum atomic E-state index is -3.80. The Kier molecular flexibility index (Phi) is 12.6. The molecule has 0 aliphatic heterocycles. The quantitative estimate of drug-likeness (QED) is 0.176. The van der Waals surface area contributed by atoms with Crippen LogP contribution in [-0.4, -0.2) is 26.6 Å². The zero-order valence-electron chi connectivity index (χ0n) is 24.3. The first-order valence-corrected chi connectivity index (χ1v) is 16.8. The van der Waals surface area contributed by atoms with Crippen molar-refractivity contribution in [3.05, 3.63) is 91.4 Å². The molecule has 43 heavy (non-hydrogen) atoms. The second kappa shape index (κ2) is 15.5. The van der Waals surface area contributed by atoms with Crippen LogP contribution in [0, 0.1) is 44.2 Å². The van der Waals surface area contributed by atoms with Gasteiger partial charge >= 0.3 is 0 Å². The summed E-state index contributed by atoms with van der Waals surface area (Å²) in [6.07, 6.45) is 5.14. The summed E-state index contributed by atoms with van der Waals surface area (Å²) in [6.45, 7) is 5.17. The van der Waals surface area contributed by atoms with E-state index >= 15 is 0 Å². The highest BCUT2D eigenvalue weighted by molar-refractivity contribution is 9.10. The van der Waals surface area contributed by atoms with E-state index in [-0.39, 0.29) is 34.8 Å². The first-order valence-electron chi connectivity index (χ1n) is 13.8. The molecule has 0 radical (unpaired) electrons. The molecular formula is C32H35Br2F2NO5S. The van der Waals surface area contributed by atoms with Crippen molar-refractivity contribution < 1.29 is 31.0 Å². The number of rotatable bonds is 9. The molecule has 0 spiro atoms. The lowest BCUT2D eigenvalue weighted by Gasteiger charge is -2.06. The van der Waals surface area contributed by atoms with E-state index in [1.165, 1.54) is 24.3 Å². The molecule has 0 amide bonds. The molecule has 2 N–H and O–H groups in total. The summed E-state index contributed by atoms with van der Waals surface area (Å²) in [4.78, 5) is 23.0. The van der Waals surface area contributed by atoms with Crippen LogP contribution in [-0.2, 0) is 30.3 Å². The van der Waals surface area contributed by atoms with Crippen LogP contribution < -0.4 is 5.73 Å². The van der Waals surface area contributed by atoms with Gasteiger partial charge in [-0.25, -0.2) is 8.78 Å². The second-order valence-corrected chi connectivity index (χ2v) is 14.2. The molecule has 0 heterocycles. The minimum absolute atomic E-state index is 0.0169. The minimum Gasteiger partial charge on any atom is -0.398 e. The summed E-state index contributed by atoms with van der Waals surface area (Å²) in [5, 5.41) is 0. The van der Waals surface area contributed by atoms with E-state index < -0.39 is 10.1 Å². The van der Waals surface area contributed by atoms with Crippen molar-refractivity contribution in [2.45, 2.75) is 64.2 Å². The molecule has 0 bridgehead atoms. The summed E-state index contributed by atoms with van der Waals surface area (Å²) in [6, 6.07) is 12.6. The summed E-state index contributed by atoms with van der Waals surface area (Å²) in [5.41, 5.74) is 9.81. The third-order valence-corrected chi connectivity index (χ3v) is 9.55. The van der Waals surface area contributed by atoms with Gasteiger partial charge in [-0.3, -0.25) is 13.8 Å². The lowest BCUT2D eigenvalue weighted by molar-refractivity contribution is -0.122. The van der Waals surface area contributed by atoms with Gasteiger partial charge in [-0.2, -0.15) is 8.42 Å². The smallest absolute Gasteiger partial charge is 0.297 e. The second-order valence-electron chi connectivity index (χ2n) is 10.8. The number of nitrogens with two attached hydrogens (primary N) is 1. The number of carbonyl (C=O) groups is 2. The lowest BCUT2D eigenvalue weighted by Crippen LogP contribution is -2.15. The van der Waals surface area contributed by atoms with Crippen molar-refractivity contribution in [3.8, 4) is 0 Å². The number of benzene rings is 3. The van der Waals surface area contributed by atoms with Crippen LogP contribution in [0.4, 0.5) is 14.5 Å². The van der Waals surface area contributed by atoms with Gasteiger partial charge in [0, 0.05) is 23.9 Å². The predicted octanol–water partition coefficient (Wildman–Crippen LogP) is 7.97. The number of carbonyl (C=O) groups excluding carboxylic acids is 2. The fourth-order valence-electron chi connectivity index (χ4n) is 3.92. The standard InChI is InChI=1S/C13H14BrFO.C12H14O4S.C7H7BrFN/c1-8-6-12(15)11(14)7-10(8)4-5-13(16)9-2-3-9;1-9-2-6-11(7-3-9)17(14,15)16-8-12(13)10-4-5-10;1-4-2-6(9)5(8)3-7(4)10/h6-7,9H,2-5H2,1H3;2-3,6-7,10H,4-5,8H2,1H3;2-3H,10H2,1H3. The molecule has 5 rings (SSSR count). The maximum atomic E-state index is 13.2. The van der Waals surface area contributed by atoms with Crippen molar-refractivity contribution in [1.82, 2.24) is 0 Å². The third kappa shape index (κ3) is 11.2. The highest BCUT2D eigenvalue weighted by Gasteiger charge is 2.31. The zero-order chi connectivity index (χ0) is 31.9. The number of nitrogen functional groups attached to an aromatic ring is 1. The van der Waals surface area contributed by atoms with Gasteiger partial charge in [-0.15, -0.1) is 0 Å². The fraction of sp³-hybridized carbons (Fsp3) is 0.375. The van der Waals surface area contributed by atoms with E-state index in [9.17, 15) is 26.8 Å². The Labute approximate surface area is 268 Å². The van der Waals surface area contributed by atoms with Crippen molar-refractivity contribution >= 4 is 59.2 Å². The van der Waals surface area contributed by atoms with Crippen LogP contribution in [0.25, 0.3) is 0 Å². The Hall–Kier alpha value is -2.47. The van der Waals surface area contributed by atoms with Gasteiger partial charge in [-0.1, -0.05) is 17.7 Å². The number of aryl methyl sites for hydroxylation is 4. The highest BCUT2D eigenvalue weighted by Crippen LogP contribution is 2.32. The molecule has 2 aliphatic rings. The molecule has 0 aromatic heterocycles. The van der Waals surface area contributed by atoms with Crippen LogP contribution in [0.5, 0.6) is 0 Å². The van der Waals surface area contributed by atoms with Crippen LogP contribution in [0.1, 0.15) is 54.4 Å². The Bertz CT molecular complexity index is 1520. The van der Waals surface area contributed by atoms with Gasteiger partial charge in [-0.05, 0) is 138 Å². The number of hydrogen-bond donors (Lipinski definition) is 1. The van der Waals surface area contributed by atoms with Crippen molar-refractivity contribution in [3.63, 3.8) is 0 Å². The zero-order valence-corrected chi connectivity index (χ0v) is 28.3. The maximum Gasteiger partial charge on any atom is 0.297 e. The maximum absolute atomic E-state index is 13.2. The Morgan fingerprint density at radius 1 is 0.837 bits per heavy atom. The molecule has 11 heteroatoms. The van der Waals surface area contributed by atoms with Crippen molar-refractivity contribution in [2.24, 2.45) is 11.8 Å². The average Bonchev–Trinajstić information content (AvgIpc) is 3.86. The first kappa shape index (κ1) is 35.0. The average molecular weight is 744 g/mol. The monoisotopic (exact) mass is 741 g/mol. The van der Waals surface area contributed by atoms with Crippen molar-refractivity contribution in [1.29, 1.82) is 0 Å². The summed E-state index contributed by atoms with van der Waals surface area (Å²) >= 11 is 6.19. The molecule has 2 saturated carbocycles. The molecule has 232 valence electrons. The van der Waals surface area contributed by atoms with E-state index in [4.69, 9.17) is 9.92 Å². The molecule has 6 nitrogen and oxygen atoms in total. The third-order valence-electron chi connectivity index (χ3n) is 7.06. The molecule has 3 aromatic carbocycles. The van der Waals surface area contributed by atoms with Gasteiger partial charge < -0.3 is 5.73 Å². The summed E-state index contributed by atoms with van der Waals surface area (Å²) < 4.78 is 54.9. The van der Waals surface area contributed by atoms with E-state index in [1.54, 1.807) is 31.2 Å². The summed E-state index contributed by atoms with van der Waals surface area (Å²) in [5.74, 6) is 0.0643. The fourth-order valence-corrected chi connectivity index (χ4v) is 5.55. The highest BCUT2D eigenvalue weighted by atomic mass is 79.9. The molecule has 2 aliphatic carbocycles. The Balaban J connectivity index is 0.000000183. The van der Waals surface area contributed by atoms with Crippen molar-refractivity contribution in [2.75, 3.05) is 12.3 Å². The SMILES string of the molecule is Cc1cc(F)c(Br)cc1CCC(=O)C1CC1.Cc1cc(F)c(Br)cc1N.Cc1ccc(S(=O)(=O)OCC(=O)C2CC2)cc1. The van der Waals surface area contributed by atoms with E-state index in [2.05, 4.69) is 31.9 Å². The number of anilines is 1. The first-order chi connectivity index (χ1) is 20.2. The lowest BCUT2D eigenvalue weighted by atomic mass is 10.0. The van der Waals surface area contributed by atoms with E-state index in [1.807, 2.05) is 13.8 Å². The Morgan fingerprint density at radius 3 is 1.88 bits per heavy atom. The molecule has 2 fully saturated rings. The van der Waals surface area contributed by atoms with Gasteiger partial charge in [0.15, 0.2) is 5.78 Å². The molecular weight excluding hydrogens is 708 g/mol. The molecule has 0 atom stereocenters. The molecule has 0 unspecified atom stereocenters. The number of hydrogen-bond acceptors (Lipinski definition) is 6. The summed E-state index contributed by atoms with van der Waals surface area (Å²) in [7, 11) is -3.80. The topological polar surface area (TPSA) is 104 Å². The van der Waals surface area contributed by atoms with Crippen LogP contribution in [0.2, 0.25) is 0 Å². The number of Topliss-reactive ketones (excluding diaryl/α,β-unsaturated/α-hetero) is 2. The van der Waals surface area contributed by atoms with Gasteiger partial charge in [0.2, 0.25) is 0 Å².